The minimum absolute atomic E-state index is 0.0713. The average molecular weight is 478 g/mol. The molecule has 3 aromatic carbocycles. The maximum Gasteiger partial charge on any atom is 0.184 e. The fourth-order valence-electron chi connectivity index (χ4n) is 4.27. The zero-order valence-electron chi connectivity index (χ0n) is 20.6. The summed E-state index contributed by atoms with van der Waals surface area (Å²) in [6.45, 7) is 4.06. The maximum absolute atomic E-state index is 13.4. The van der Waals surface area contributed by atoms with Crippen LogP contribution in [0.15, 0.2) is 93.6 Å². The molecule has 0 N–H and O–H groups in total. The first-order chi connectivity index (χ1) is 17.5. The number of carbonyl (C=O) groups is 1. The van der Waals surface area contributed by atoms with Gasteiger partial charge in [-0.2, -0.15) is 5.10 Å². The number of nitrogens with zero attached hydrogens (tertiary/aromatic N) is 3. The van der Waals surface area contributed by atoms with E-state index in [0.29, 0.717) is 23.6 Å². The van der Waals surface area contributed by atoms with Gasteiger partial charge in [-0.1, -0.05) is 64.8 Å². The summed E-state index contributed by atoms with van der Waals surface area (Å²) in [5.41, 5.74) is 6.81. The average Bonchev–Trinajstić information content (AvgIpc) is 3.38. The predicted octanol–water partition coefficient (Wildman–Crippen LogP) is 6.31. The Morgan fingerprint density at radius 1 is 0.778 bits per heavy atom. The number of benzene rings is 3. The molecule has 0 saturated carbocycles. The van der Waals surface area contributed by atoms with E-state index < -0.39 is 0 Å². The smallest absolute Gasteiger partial charge is 0.184 e. The summed E-state index contributed by atoms with van der Waals surface area (Å²) in [7, 11) is 1.64. The molecule has 0 bridgehead atoms. The van der Waals surface area contributed by atoms with Crippen molar-refractivity contribution in [2.75, 3.05) is 7.11 Å². The molecule has 1 aromatic heterocycles. The highest BCUT2D eigenvalue weighted by Gasteiger charge is 2.28. The Labute approximate surface area is 210 Å². The largest absolute Gasteiger partial charge is 0.497 e. The zero-order valence-corrected chi connectivity index (χ0v) is 20.6. The molecular formula is C30H27N3O3. The monoisotopic (exact) mass is 477 g/mol. The quantitative estimate of drug-likeness (QED) is 0.338. The summed E-state index contributed by atoms with van der Waals surface area (Å²) < 4.78 is 11.0. The van der Waals surface area contributed by atoms with E-state index in [-0.39, 0.29) is 18.1 Å². The van der Waals surface area contributed by atoms with Crippen molar-refractivity contribution in [3.05, 3.63) is 107 Å². The third-order valence-electron chi connectivity index (χ3n) is 6.43. The molecule has 1 unspecified atom stereocenters. The van der Waals surface area contributed by atoms with Crippen LogP contribution in [0.1, 0.15) is 46.8 Å². The highest BCUT2D eigenvalue weighted by molar-refractivity contribution is 6.46. The molecule has 1 aliphatic heterocycles. The first-order valence-electron chi connectivity index (χ1n) is 11.9. The topological polar surface area (TPSA) is 77.0 Å². The van der Waals surface area contributed by atoms with E-state index in [2.05, 4.69) is 27.5 Å². The van der Waals surface area contributed by atoms with Crippen LogP contribution in [-0.2, 0) is 4.79 Å². The maximum atomic E-state index is 13.4. The molecule has 36 heavy (non-hydrogen) atoms. The highest BCUT2D eigenvalue weighted by atomic mass is 16.5. The van der Waals surface area contributed by atoms with E-state index in [4.69, 9.17) is 9.26 Å². The standard InChI is InChI=1S/C30H27N3O3/c1-19-4-8-21(9-5-19)26-16-24(17-28(34)30(32-31-26)23-10-6-20(2)7-11-23)29-18-27(33-36-29)22-12-14-25(35-3)15-13-22/h4-15,18,24H,16-17H2,1-3H3/b31-26+,32-30-. The van der Waals surface area contributed by atoms with Gasteiger partial charge in [0, 0.05) is 36.0 Å². The second kappa shape index (κ2) is 10.1. The van der Waals surface area contributed by atoms with Gasteiger partial charge in [-0.3, -0.25) is 4.79 Å². The minimum atomic E-state index is -0.229. The van der Waals surface area contributed by atoms with Gasteiger partial charge in [0.15, 0.2) is 5.78 Å². The van der Waals surface area contributed by atoms with E-state index in [1.807, 2.05) is 80.6 Å². The first-order valence-corrected chi connectivity index (χ1v) is 11.9. The van der Waals surface area contributed by atoms with Crippen molar-refractivity contribution >= 4 is 17.2 Å². The minimum Gasteiger partial charge on any atom is -0.497 e. The SMILES string of the molecule is COc1ccc(-c2cc(C3CC(=O)/C(c4ccc(C)cc4)=N\N=C(\c4ccc(C)cc4)C3)on2)cc1. The van der Waals surface area contributed by atoms with Crippen molar-refractivity contribution in [1.82, 2.24) is 5.16 Å². The Morgan fingerprint density at radius 3 is 2.03 bits per heavy atom. The van der Waals surface area contributed by atoms with Crippen LogP contribution in [0.4, 0.5) is 0 Å². The highest BCUT2D eigenvalue weighted by Crippen LogP contribution is 2.32. The second-order valence-corrected chi connectivity index (χ2v) is 9.10. The summed E-state index contributed by atoms with van der Waals surface area (Å²) in [6, 6.07) is 25.5. The number of hydrogen-bond donors (Lipinski definition) is 0. The molecular weight excluding hydrogens is 450 g/mol. The van der Waals surface area contributed by atoms with Crippen LogP contribution in [-0.4, -0.2) is 29.5 Å². The number of ether oxygens (including phenoxy) is 1. The van der Waals surface area contributed by atoms with E-state index in [0.717, 1.165) is 33.7 Å². The lowest BCUT2D eigenvalue weighted by molar-refractivity contribution is -0.113. The number of aromatic nitrogens is 1. The van der Waals surface area contributed by atoms with Crippen LogP contribution in [0.5, 0.6) is 5.75 Å². The lowest BCUT2D eigenvalue weighted by Crippen LogP contribution is -2.22. The van der Waals surface area contributed by atoms with Crippen molar-refractivity contribution in [2.24, 2.45) is 10.2 Å². The fourth-order valence-corrected chi connectivity index (χ4v) is 4.27. The second-order valence-electron chi connectivity index (χ2n) is 9.10. The Kier molecular flexibility index (Phi) is 6.58. The Hall–Kier alpha value is -4.32. The van der Waals surface area contributed by atoms with Crippen molar-refractivity contribution in [1.29, 1.82) is 0 Å². The molecule has 2 heterocycles. The number of hydrogen-bond acceptors (Lipinski definition) is 6. The molecule has 0 fully saturated rings. The van der Waals surface area contributed by atoms with Gasteiger partial charge < -0.3 is 9.26 Å². The van der Waals surface area contributed by atoms with Crippen molar-refractivity contribution in [2.45, 2.75) is 32.6 Å². The predicted molar refractivity (Wildman–Crippen MR) is 141 cm³/mol. The van der Waals surface area contributed by atoms with Gasteiger partial charge >= 0.3 is 0 Å². The number of Topliss-reactive ketones (excluding diaryl/α,β-unsaturated/α-hetero) is 1. The molecule has 0 saturated heterocycles. The van der Waals surface area contributed by atoms with Gasteiger partial charge in [-0.15, -0.1) is 5.10 Å². The van der Waals surface area contributed by atoms with E-state index in [1.54, 1.807) is 7.11 Å². The molecule has 0 aliphatic carbocycles. The third kappa shape index (κ3) is 5.03. The van der Waals surface area contributed by atoms with E-state index in [1.165, 1.54) is 5.56 Å². The first kappa shape index (κ1) is 23.4. The summed E-state index contributed by atoms with van der Waals surface area (Å²) in [5.74, 6) is 1.13. The fraction of sp³-hybridized carbons (Fsp3) is 0.200. The van der Waals surface area contributed by atoms with Crippen molar-refractivity contribution < 1.29 is 14.1 Å². The number of aryl methyl sites for hydroxylation is 2. The van der Waals surface area contributed by atoms with Crippen LogP contribution in [0.25, 0.3) is 11.3 Å². The zero-order chi connectivity index (χ0) is 25.1. The molecule has 6 nitrogen and oxygen atoms in total. The molecule has 6 heteroatoms. The van der Waals surface area contributed by atoms with Gasteiger partial charge in [-0.05, 0) is 43.7 Å². The summed E-state index contributed by atoms with van der Waals surface area (Å²) >= 11 is 0. The molecule has 0 spiro atoms. The normalized spacial score (nSPS) is 19.0. The van der Waals surface area contributed by atoms with Gasteiger partial charge in [-0.25, -0.2) is 0 Å². The number of carbonyl (C=O) groups excluding carboxylic acids is 1. The molecule has 0 radical (unpaired) electrons. The molecule has 1 atom stereocenters. The van der Waals surface area contributed by atoms with Crippen LogP contribution in [0.2, 0.25) is 0 Å². The Morgan fingerprint density at radius 2 is 1.39 bits per heavy atom. The van der Waals surface area contributed by atoms with Gasteiger partial charge in [0.1, 0.15) is 22.9 Å². The van der Waals surface area contributed by atoms with Crippen molar-refractivity contribution in [3.63, 3.8) is 0 Å². The molecule has 0 amide bonds. The third-order valence-corrected chi connectivity index (χ3v) is 6.43. The lowest BCUT2D eigenvalue weighted by atomic mass is 9.88. The van der Waals surface area contributed by atoms with Gasteiger partial charge in [0.05, 0.1) is 12.8 Å². The van der Waals surface area contributed by atoms with Crippen LogP contribution in [0, 0.1) is 13.8 Å². The number of methoxy groups -OCH3 is 1. The summed E-state index contributed by atoms with van der Waals surface area (Å²) in [5, 5.41) is 13.3. The Bertz CT molecular complexity index is 1430. The van der Waals surface area contributed by atoms with Crippen LogP contribution < -0.4 is 4.74 Å². The van der Waals surface area contributed by atoms with Crippen LogP contribution >= 0.6 is 0 Å². The number of rotatable bonds is 5. The van der Waals surface area contributed by atoms with Gasteiger partial charge in [0.2, 0.25) is 0 Å². The summed E-state index contributed by atoms with van der Waals surface area (Å²) in [6.07, 6.45) is 0.756. The Balaban J connectivity index is 1.52. The van der Waals surface area contributed by atoms with E-state index >= 15 is 0 Å². The molecule has 5 rings (SSSR count). The lowest BCUT2D eigenvalue weighted by Gasteiger charge is -2.18. The number of ketones is 1. The molecule has 4 aromatic rings. The van der Waals surface area contributed by atoms with Gasteiger partial charge in [0.25, 0.3) is 0 Å². The van der Waals surface area contributed by atoms with Crippen molar-refractivity contribution in [3.8, 4) is 17.0 Å². The van der Waals surface area contributed by atoms with E-state index in [9.17, 15) is 4.79 Å². The van der Waals surface area contributed by atoms with Crippen LogP contribution in [0.3, 0.4) is 0 Å². The molecule has 180 valence electrons. The molecule has 1 aliphatic rings. The summed E-state index contributed by atoms with van der Waals surface area (Å²) in [4.78, 5) is 13.4.